The highest BCUT2D eigenvalue weighted by molar-refractivity contribution is 7.09. The molecule has 2 aliphatic rings. The molecule has 128 valence electrons. The number of morpholine rings is 1. The molecule has 2 fully saturated rings. The molecule has 1 saturated heterocycles. The first kappa shape index (κ1) is 16.7. The summed E-state index contributed by atoms with van der Waals surface area (Å²) in [6, 6.07) is -0.00894. The predicted octanol–water partition coefficient (Wildman–Crippen LogP) is 1.96. The fraction of sp³-hybridized carbons (Fsp3) is 0.750. The molecule has 6 nitrogen and oxygen atoms in total. The maximum Gasteiger partial charge on any atom is 0.317 e. The number of urea groups is 1. The Labute approximate surface area is 141 Å². The van der Waals surface area contributed by atoms with Crippen LogP contribution in [0, 0.1) is 5.41 Å². The molecule has 0 unspecified atom stereocenters. The van der Waals surface area contributed by atoms with Crippen LogP contribution < -0.4 is 5.32 Å². The summed E-state index contributed by atoms with van der Waals surface area (Å²) in [5.41, 5.74) is 0.276. The lowest BCUT2D eigenvalue weighted by Crippen LogP contribution is -2.45. The van der Waals surface area contributed by atoms with Crippen molar-refractivity contribution in [1.82, 2.24) is 20.1 Å². The third-order valence-electron chi connectivity index (χ3n) is 4.94. The van der Waals surface area contributed by atoms with Gasteiger partial charge < -0.3 is 15.0 Å². The summed E-state index contributed by atoms with van der Waals surface area (Å²) in [6.07, 6.45) is 4.19. The van der Waals surface area contributed by atoms with E-state index in [9.17, 15) is 4.79 Å². The lowest BCUT2D eigenvalue weighted by molar-refractivity contribution is 0.0284. The molecule has 1 aliphatic heterocycles. The topological polar surface area (TPSA) is 57.7 Å². The number of nitrogens with zero attached hydrogens (tertiary/aromatic N) is 3. The summed E-state index contributed by atoms with van der Waals surface area (Å²) in [5.74, 6) is 0. The van der Waals surface area contributed by atoms with Gasteiger partial charge in [0.15, 0.2) is 0 Å². The molecule has 0 spiro atoms. The van der Waals surface area contributed by atoms with Crippen LogP contribution in [0.1, 0.15) is 30.8 Å². The van der Waals surface area contributed by atoms with Crippen molar-refractivity contribution in [2.45, 2.75) is 25.8 Å². The second-order valence-electron chi connectivity index (χ2n) is 6.70. The molecule has 0 aromatic carbocycles. The van der Waals surface area contributed by atoms with Crippen LogP contribution in [-0.2, 0) is 4.74 Å². The normalized spacial score (nSPS) is 21.7. The van der Waals surface area contributed by atoms with Crippen molar-refractivity contribution in [3.63, 3.8) is 0 Å². The van der Waals surface area contributed by atoms with E-state index >= 15 is 0 Å². The highest BCUT2D eigenvalue weighted by atomic mass is 32.1. The lowest BCUT2D eigenvalue weighted by atomic mass is 10.1. The maximum absolute atomic E-state index is 12.4. The van der Waals surface area contributed by atoms with E-state index in [4.69, 9.17) is 4.74 Å². The Morgan fingerprint density at radius 1 is 1.52 bits per heavy atom. The molecule has 1 aromatic rings. The zero-order valence-corrected chi connectivity index (χ0v) is 14.8. The highest BCUT2D eigenvalue weighted by Crippen LogP contribution is 2.45. The molecular weight excluding hydrogens is 312 g/mol. The molecular formula is C16H26N4O2S. The standard InChI is InChI=1S/C16H26N4O2S/c1-13(14-17-5-10-23-14)19(2)15(21)18-11-16(3-4-16)12-20-6-8-22-9-7-20/h5,10,13H,3-4,6-9,11-12H2,1-2H3,(H,18,21)/t13-/m0/s1. The number of hydrogen-bond donors (Lipinski definition) is 1. The number of carbonyl (C=O) groups excluding carboxylic acids is 1. The number of carbonyl (C=O) groups is 1. The van der Waals surface area contributed by atoms with Gasteiger partial charge in [-0.25, -0.2) is 9.78 Å². The molecule has 1 aromatic heterocycles. The summed E-state index contributed by atoms with van der Waals surface area (Å²) in [6.45, 7) is 7.53. The molecule has 1 N–H and O–H groups in total. The third kappa shape index (κ3) is 4.22. The van der Waals surface area contributed by atoms with Crippen LogP contribution in [0.25, 0.3) is 0 Å². The van der Waals surface area contributed by atoms with E-state index in [1.54, 1.807) is 22.4 Å². The quantitative estimate of drug-likeness (QED) is 0.861. The van der Waals surface area contributed by atoms with Gasteiger partial charge in [-0.2, -0.15) is 0 Å². The van der Waals surface area contributed by atoms with E-state index < -0.39 is 0 Å². The van der Waals surface area contributed by atoms with Crippen molar-refractivity contribution in [1.29, 1.82) is 0 Å². The zero-order chi connectivity index (χ0) is 16.3. The van der Waals surface area contributed by atoms with Gasteiger partial charge in [0.1, 0.15) is 5.01 Å². The number of aromatic nitrogens is 1. The second kappa shape index (κ2) is 7.15. The van der Waals surface area contributed by atoms with Gasteiger partial charge in [0.2, 0.25) is 0 Å². The third-order valence-corrected chi connectivity index (χ3v) is 5.89. The zero-order valence-electron chi connectivity index (χ0n) is 14.0. The summed E-state index contributed by atoms with van der Waals surface area (Å²) < 4.78 is 5.40. The molecule has 7 heteroatoms. The molecule has 1 saturated carbocycles. The number of nitrogens with one attached hydrogen (secondary N) is 1. The first-order valence-corrected chi connectivity index (χ1v) is 9.18. The van der Waals surface area contributed by atoms with Gasteiger partial charge in [0.25, 0.3) is 0 Å². The Morgan fingerprint density at radius 2 is 2.26 bits per heavy atom. The Bertz CT molecular complexity index is 512. The van der Waals surface area contributed by atoms with Crippen LogP contribution in [0.2, 0.25) is 0 Å². The van der Waals surface area contributed by atoms with Crippen LogP contribution in [0.3, 0.4) is 0 Å². The van der Waals surface area contributed by atoms with Crippen molar-refractivity contribution in [2.75, 3.05) is 46.4 Å². The monoisotopic (exact) mass is 338 g/mol. The van der Waals surface area contributed by atoms with Crippen molar-refractivity contribution in [3.8, 4) is 0 Å². The Morgan fingerprint density at radius 3 is 2.87 bits per heavy atom. The summed E-state index contributed by atoms with van der Waals surface area (Å²) in [7, 11) is 1.84. The summed E-state index contributed by atoms with van der Waals surface area (Å²) in [4.78, 5) is 20.9. The molecule has 1 atom stereocenters. The molecule has 3 rings (SSSR count). The smallest absolute Gasteiger partial charge is 0.317 e. The average Bonchev–Trinajstić information content (AvgIpc) is 3.11. The van der Waals surface area contributed by atoms with Crippen LogP contribution in [0.15, 0.2) is 11.6 Å². The molecule has 0 radical (unpaired) electrons. The van der Waals surface area contributed by atoms with Crippen LogP contribution in [0.4, 0.5) is 4.79 Å². The van der Waals surface area contributed by atoms with Gasteiger partial charge in [-0.1, -0.05) is 0 Å². The minimum Gasteiger partial charge on any atom is -0.379 e. The van der Waals surface area contributed by atoms with E-state index in [-0.39, 0.29) is 17.5 Å². The number of ether oxygens (including phenoxy) is 1. The fourth-order valence-corrected chi connectivity index (χ4v) is 3.71. The molecule has 2 heterocycles. The summed E-state index contributed by atoms with van der Waals surface area (Å²) in [5, 5.41) is 6.04. The SMILES string of the molecule is C[C@@H](c1nccs1)N(C)C(=O)NCC1(CN2CCOCC2)CC1. The van der Waals surface area contributed by atoms with Crippen LogP contribution >= 0.6 is 11.3 Å². The van der Waals surface area contributed by atoms with E-state index in [1.165, 1.54) is 12.8 Å². The predicted molar refractivity (Wildman–Crippen MR) is 90.6 cm³/mol. The summed E-state index contributed by atoms with van der Waals surface area (Å²) >= 11 is 1.58. The van der Waals surface area contributed by atoms with E-state index in [0.29, 0.717) is 0 Å². The van der Waals surface area contributed by atoms with Gasteiger partial charge >= 0.3 is 6.03 Å². The van der Waals surface area contributed by atoms with Crippen LogP contribution in [-0.4, -0.2) is 67.3 Å². The fourth-order valence-electron chi connectivity index (χ4n) is 2.97. The van der Waals surface area contributed by atoms with E-state index in [2.05, 4.69) is 15.2 Å². The van der Waals surface area contributed by atoms with Crippen molar-refractivity contribution in [3.05, 3.63) is 16.6 Å². The lowest BCUT2D eigenvalue weighted by Gasteiger charge is -2.31. The molecule has 1 aliphatic carbocycles. The van der Waals surface area contributed by atoms with E-state index in [0.717, 1.165) is 44.4 Å². The second-order valence-corrected chi connectivity index (χ2v) is 7.63. The first-order chi connectivity index (χ1) is 11.1. The maximum atomic E-state index is 12.4. The minimum atomic E-state index is -0.0130. The van der Waals surface area contributed by atoms with Gasteiger partial charge in [-0.05, 0) is 19.8 Å². The Balaban J connectivity index is 1.46. The van der Waals surface area contributed by atoms with Crippen molar-refractivity contribution in [2.24, 2.45) is 5.41 Å². The van der Waals surface area contributed by atoms with E-state index in [1.807, 2.05) is 19.4 Å². The van der Waals surface area contributed by atoms with Crippen LogP contribution in [0.5, 0.6) is 0 Å². The number of amides is 2. The van der Waals surface area contributed by atoms with Gasteiger partial charge in [0, 0.05) is 50.2 Å². The average molecular weight is 338 g/mol. The first-order valence-electron chi connectivity index (χ1n) is 8.30. The Hall–Kier alpha value is -1.18. The minimum absolute atomic E-state index is 0.00407. The van der Waals surface area contributed by atoms with Gasteiger partial charge in [0.05, 0.1) is 19.3 Å². The largest absolute Gasteiger partial charge is 0.379 e. The highest BCUT2D eigenvalue weighted by Gasteiger charge is 2.44. The van der Waals surface area contributed by atoms with Gasteiger partial charge in [-0.15, -0.1) is 11.3 Å². The molecule has 0 bridgehead atoms. The van der Waals surface area contributed by atoms with Crippen molar-refractivity contribution < 1.29 is 9.53 Å². The number of rotatable bonds is 6. The van der Waals surface area contributed by atoms with Crippen molar-refractivity contribution >= 4 is 17.4 Å². The number of thiazole rings is 1. The number of hydrogen-bond acceptors (Lipinski definition) is 5. The Kier molecular flexibility index (Phi) is 5.18. The molecule has 2 amide bonds. The molecule has 23 heavy (non-hydrogen) atoms. The van der Waals surface area contributed by atoms with Gasteiger partial charge in [-0.3, -0.25) is 4.90 Å².